The van der Waals surface area contributed by atoms with Gasteiger partial charge in [-0.1, -0.05) is 41.7 Å². The third kappa shape index (κ3) is 4.17. The molecule has 1 aromatic carbocycles. The molecule has 1 saturated heterocycles. The summed E-state index contributed by atoms with van der Waals surface area (Å²) in [6.07, 6.45) is 1.97. The van der Waals surface area contributed by atoms with Crippen molar-refractivity contribution in [2.45, 2.75) is 19.4 Å². The second-order valence-corrected chi connectivity index (χ2v) is 8.23. The van der Waals surface area contributed by atoms with E-state index in [1.807, 2.05) is 22.9 Å². The van der Waals surface area contributed by atoms with Gasteiger partial charge in [0.15, 0.2) is 0 Å². The quantitative estimate of drug-likeness (QED) is 0.719. The highest BCUT2D eigenvalue weighted by Crippen LogP contribution is 2.28. The molecule has 1 fully saturated rings. The Kier molecular flexibility index (Phi) is 5.38. The number of carbonyl (C=O) groups is 1. The van der Waals surface area contributed by atoms with Gasteiger partial charge in [0.2, 0.25) is 11.0 Å². The van der Waals surface area contributed by atoms with Gasteiger partial charge in [-0.2, -0.15) is 11.3 Å². The molecule has 3 aromatic rings. The number of carbonyl (C=O) groups excluding carboxylic acids is 1. The lowest BCUT2D eigenvalue weighted by Gasteiger charge is -2.31. The fraction of sp³-hybridized carbons (Fsp3) is 0.316. The molecule has 1 aliphatic rings. The van der Waals surface area contributed by atoms with Crippen molar-refractivity contribution in [3.8, 4) is 10.6 Å². The third-order valence-electron chi connectivity index (χ3n) is 4.55. The minimum atomic E-state index is 0.000889. The molecule has 0 radical (unpaired) electrons. The van der Waals surface area contributed by atoms with Gasteiger partial charge in [-0.05, 0) is 36.4 Å². The van der Waals surface area contributed by atoms with Crippen LogP contribution in [0.3, 0.4) is 0 Å². The highest BCUT2D eigenvalue weighted by Gasteiger charge is 2.26. The number of rotatable bonds is 5. The maximum atomic E-state index is 12.7. The number of benzene rings is 1. The molecule has 0 spiro atoms. The minimum Gasteiger partial charge on any atom is -0.300 e. The number of nitrogens with zero attached hydrogens (tertiary/aromatic N) is 3. The molecule has 134 valence electrons. The van der Waals surface area contributed by atoms with Crippen molar-refractivity contribution in [3.63, 3.8) is 0 Å². The summed E-state index contributed by atoms with van der Waals surface area (Å²) in [6, 6.07) is 12.4. The molecule has 1 unspecified atom stereocenters. The maximum absolute atomic E-state index is 12.7. The fourth-order valence-corrected chi connectivity index (χ4v) is 4.70. The first kappa shape index (κ1) is 17.3. The third-order valence-corrected chi connectivity index (χ3v) is 6.12. The molecule has 3 heterocycles. The molecule has 1 N–H and O–H groups in total. The van der Waals surface area contributed by atoms with Gasteiger partial charge >= 0.3 is 0 Å². The number of thiophene rings is 1. The molecule has 4 rings (SSSR count). The normalized spacial score (nSPS) is 17.9. The summed E-state index contributed by atoms with van der Waals surface area (Å²) in [5.41, 5.74) is 2.35. The highest BCUT2D eigenvalue weighted by molar-refractivity contribution is 7.19. The standard InChI is InChI=1S/C19H20N4OS2/c24-17(20-19-22-21-18(26-19)16-8-10-25-13-16)15-7-4-9-23(12-15)11-14-5-2-1-3-6-14/h1-3,5-6,8,10,13,15H,4,7,9,11-12H2,(H,20,22,24). The first-order valence-electron chi connectivity index (χ1n) is 8.71. The van der Waals surface area contributed by atoms with Crippen LogP contribution >= 0.6 is 22.7 Å². The fourth-order valence-electron chi connectivity index (χ4n) is 3.24. The van der Waals surface area contributed by atoms with Crippen molar-refractivity contribution in [1.82, 2.24) is 15.1 Å². The number of amides is 1. The van der Waals surface area contributed by atoms with Gasteiger partial charge in [0.05, 0.1) is 5.92 Å². The molecular formula is C19H20N4OS2. The van der Waals surface area contributed by atoms with Gasteiger partial charge < -0.3 is 5.32 Å². The van der Waals surface area contributed by atoms with E-state index in [0.717, 1.165) is 43.0 Å². The van der Waals surface area contributed by atoms with Gasteiger partial charge in [-0.25, -0.2) is 0 Å². The Labute approximate surface area is 160 Å². The predicted octanol–water partition coefficient (Wildman–Crippen LogP) is 4.12. The monoisotopic (exact) mass is 384 g/mol. The minimum absolute atomic E-state index is 0.000889. The van der Waals surface area contributed by atoms with Crippen LogP contribution in [0.5, 0.6) is 0 Å². The Balaban J connectivity index is 1.35. The van der Waals surface area contributed by atoms with Gasteiger partial charge in [0.25, 0.3) is 0 Å². The zero-order valence-electron chi connectivity index (χ0n) is 14.3. The lowest BCUT2D eigenvalue weighted by atomic mass is 9.97. The molecule has 1 atom stereocenters. The van der Waals surface area contributed by atoms with Gasteiger partial charge in [0, 0.05) is 24.0 Å². The summed E-state index contributed by atoms with van der Waals surface area (Å²) in [5, 5.41) is 16.7. The maximum Gasteiger partial charge on any atom is 0.230 e. The van der Waals surface area contributed by atoms with Crippen LogP contribution in [0.15, 0.2) is 47.2 Å². The smallest absolute Gasteiger partial charge is 0.230 e. The summed E-state index contributed by atoms with van der Waals surface area (Å²) in [5.74, 6) is 0.0525. The molecule has 2 aromatic heterocycles. The Morgan fingerprint density at radius 1 is 1.23 bits per heavy atom. The molecule has 7 heteroatoms. The van der Waals surface area contributed by atoms with Crippen molar-refractivity contribution < 1.29 is 4.79 Å². The van der Waals surface area contributed by atoms with E-state index in [2.05, 4.69) is 44.7 Å². The first-order valence-corrected chi connectivity index (χ1v) is 10.5. The van der Waals surface area contributed by atoms with Crippen molar-refractivity contribution in [3.05, 3.63) is 52.7 Å². The largest absolute Gasteiger partial charge is 0.300 e. The van der Waals surface area contributed by atoms with Gasteiger partial charge in [-0.15, -0.1) is 10.2 Å². The van der Waals surface area contributed by atoms with Crippen LogP contribution in [0.4, 0.5) is 5.13 Å². The van der Waals surface area contributed by atoms with Crippen LogP contribution < -0.4 is 5.32 Å². The van der Waals surface area contributed by atoms with Crippen LogP contribution in [0.1, 0.15) is 18.4 Å². The molecular weight excluding hydrogens is 364 g/mol. The molecule has 0 saturated carbocycles. The van der Waals surface area contributed by atoms with E-state index in [0.29, 0.717) is 5.13 Å². The average Bonchev–Trinajstić information content (AvgIpc) is 3.34. The zero-order chi connectivity index (χ0) is 17.8. The molecule has 0 bridgehead atoms. The van der Waals surface area contributed by atoms with E-state index < -0.39 is 0 Å². The summed E-state index contributed by atoms with van der Waals surface area (Å²) in [6.45, 7) is 2.72. The van der Waals surface area contributed by atoms with E-state index in [1.165, 1.54) is 16.9 Å². The van der Waals surface area contributed by atoms with Gasteiger partial charge in [0.1, 0.15) is 5.01 Å². The predicted molar refractivity (Wildman–Crippen MR) is 106 cm³/mol. The van der Waals surface area contributed by atoms with Crippen molar-refractivity contribution >= 4 is 33.7 Å². The summed E-state index contributed by atoms with van der Waals surface area (Å²) < 4.78 is 0. The number of likely N-dealkylation sites (tertiary alicyclic amines) is 1. The Morgan fingerprint density at radius 2 is 2.12 bits per heavy atom. The van der Waals surface area contributed by atoms with Crippen LogP contribution in [0, 0.1) is 5.92 Å². The van der Waals surface area contributed by atoms with Crippen LogP contribution in [-0.2, 0) is 11.3 Å². The lowest BCUT2D eigenvalue weighted by molar-refractivity contribution is -0.121. The van der Waals surface area contributed by atoms with E-state index >= 15 is 0 Å². The number of anilines is 1. The van der Waals surface area contributed by atoms with Gasteiger partial charge in [-0.3, -0.25) is 9.69 Å². The van der Waals surface area contributed by atoms with Crippen LogP contribution in [0.2, 0.25) is 0 Å². The Hall–Kier alpha value is -2.09. The van der Waals surface area contributed by atoms with E-state index in [-0.39, 0.29) is 11.8 Å². The van der Waals surface area contributed by atoms with E-state index in [1.54, 1.807) is 11.3 Å². The summed E-state index contributed by atoms with van der Waals surface area (Å²) in [7, 11) is 0. The molecule has 5 nitrogen and oxygen atoms in total. The average molecular weight is 385 g/mol. The molecule has 1 aliphatic heterocycles. The highest BCUT2D eigenvalue weighted by atomic mass is 32.1. The topological polar surface area (TPSA) is 58.1 Å². The van der Waals surface area contributed by atoms with Crippen molar-refractivity contribution in [2.75, 3.05) is 18.4 Å². The van der Waals surface area contributed by atoms with Crippen LogP contribution in [0.25, 0.3) is 10.6 Å². The molecule has 1 amide bonds. The second-order valence-electron chi connectivity index (χ2n) is 6.47. The summed E-state index contributed by atoms with van der Waals surface area (Å²) >= 11 is 3.05. The van der Waals surface area contributed by atoms with Crippen LogP contribution in [-0.4, -0.2) is 34.1 Å². The number of piperidine rings is 1. The number of aromatic nitrogens is 2. The van der Waals surface area contributed by atoms with E-state index in [4.69, 9.17) is 0 Å². The van der Waals surface area contributed by atoms with Crippen molar-refractivity contribution in [1.29, 1.82) is 0 Å². The number of nitrogens with one attached hydrogen (secondary N) is 1. The summed E-state index contributed by atoms with van der Waals surface area (Å²) in [4.78, 5) is 15.0. The Bertz CT molecular complexity index is 848. The number of hydrogen-bond acceptors (Lipinski definition) is 6. The second kappa shape index (κ2) is 8.07. The van der Waals surface area contributed by atoms with E-state index in [9.17, 15) is 4.79 Å². The SMILES string of the molecule is O=C(Nc1nnc(-c2ccsc2)s1)C1CCCN(Cc2ccccc2)C1. The number of hydrogen-bond donors (Lipinski definition) is 1. The zero-order valence-corrected chi connectivity index (χ0v) is 15.9. The molecule has 26 heavy (non-hydrogen) atoms. The Morgan fingerprint density at radius 3 is 2.92 bits per heavy atom. The van der Waals surface area contributed by atoms with Crippen molar-refractivity contribution in [2.24, 2.45) is 5.92 Å². The molecule has 0 aliphatic carbocycles. The first-order chi connectivity index (χ1) is 12.8. The lowest BCUT2D eigenvalue weighted by Crippen LogP contribution is -2.40.